The van der Waals surface area contributed by atoms with Gasteiger partial charge in [0.25, 0.3) is 0 Å². The molecule has 0 bridgehead atoms. The van der Waals surface area contributed by atoms with Gasteiger partial charge in [0.05, 0.1) is 18.1 Å². The summed E-state index contributed by atoms with van der Waals surface area (Å²) in [5, 5.41) is 0. The van der Waals surface area contributed by atoms with Crippen LogP contribution in [0.3, 0.4) is 0 Å². The third-order valence-corrected chi connectivity index (χ3v) is 6.70. The molecule has 5 nitrogen and oxygen atoms in total. The Hall–Kier alpha value is -1.40. The second kappa shape index (κ2) is 7.31. The molecule has 1 aliphatic carbocycles. The van der Waals surface area contributed by atoms with E-state index in [2.05, 4.69) is 26.2 Å². The highest BCUT2D eigenvalue weighted by atomic mass is 28.4. The van der Waals surface area contributed by atoms with Gasteiger partial charge in [-0.25, -0.2) is 4.79 Å². The lowest BCUT2D eigenvalue weighted by atomic mass is 9.75. The Morgan fingerprint density at radius 2 is 2.08 bits per heavy atom. The maximum absolute atomic E-state index is 13.0. The molecule has 3 rings (SSSR count). The van der Waals surface area contributed by atoms with Crippen LogP contribution in [0.2, 0.25) is 19.6 Å². The van der Waals surface area contributed by atoms with Gasteiger partial charge in [0.2, 0.25) is 5.91 Å². The van der Waals surface area contributed by atoms with Crippen LogP contribution in [0.1, 0.15) is 39.0 Å². The first kappa shape index (κ1) is 19.4. The van der Waals surface area contributed by atoms with Crippen molar-refractivity contribution in [3.63, 3.8) is 0 Å². The van der Waals surface area contributed by atoms with Gasteiger partial charge >= 0.3 is 5.97 Å². The fourth-order valence-corrected chi connectivity index (χ4v) is 6.07. The molecule has 1 saturated heterocycles. The van der Waals surface area contributed by atoms with Gasteiger partial charge in [0, 0.05) is 5.92 Å². The molecule has 0 aromatic rings. The van der Waals surface area contributed by atoms with Crippen molar-refractivity contribution < 1.29 is 18.8 Å². The fourth-order valence-electron chi connectivity index (χ4n) is 4.81. The minimum absolute atomic E-state index is 0.0203. The molecule has 0 spiro atoms. The largest absolute Gasteiger partial charge is 0.457 e. The zero-order chi connectivity index (χ0) is 19.1. The number of nitrogens with zero attached hydrogens (tertiary/aromatic N) is 1. The van der Waals surface area contributed by atoms with Crippen LogP contribution in [0, 0.1) is 11.8 Å². The average molecular weight is 378 g/mol. The third kappa shape index (κ3) is 3.41. The van der Waals surface area contributed by atoms with Crippen LogP contribution >= 0.6 is 0 Å². The van der Waals surface area contributed by atoms with E-state index in [9.17, 15) is 9.59 Å². The summed E-state index contributed by atoms with van der Waals surface area (Å²) in [5.74, 6) is -0.226. The minimum Gasteiger partial charge on any atom is -0.457 e. The average Bonchev–Trinajstić information content (AvgIpc) is 2.68. The molecule has 4 atom stereocenters. The van der Waals surface area contributed by atoms with Crippen LogP contribution < -0.4 is 0 Å². The van der Waals surface area contributed by atoms with Gasteiger partial charge in [0.15, 0.2) is 8.32 Å². The lowest BCUT2D eigenvalue weighted by Crippen LogP contribution is -2.65. The monoisotopic (exact) mass is 377 g/mol. The first-order valence-corrected chi connectivity index (χ1v) is 13.2. The first-order valence-electron chi connectivity index (χ1n) is 9.78. The minimum atomic E-state index is -1.74. The number of hydrogen-bond donors (Lipinski definition) is 0. The summed E-state index contributed by atoms with van der Waals surface area (Å²) >= 11 is 0. The number of β-lactam (4-membered cyclic amide) rings is 1. The van der Waals surface area contributed by atoms with E-state index < -0.39 is 8.32 Å². The van der Waals surface area contributed by atoms with Gasteiger partial charge in [-0.3, -0.25) is 4.79 Å². The third-order valence-electron chi connectivity index (χ3n) is 5.63. The van der Waals surface area contributed by atoms with Crippen LogP contribution in [0.5, 0.6) is 0 Å². The van der Waals surface area contributed by atoms with Gasteiger partial charge < -0.3 is 14.1 Å². The van der Waals surface area contributed by atoms with Gasteiger partial charge in [-0.1, -0.05) is 25.5 Å². The SMILES string of the molecule is C=CCOC(=O)C1=C2CCCCC[C@H]2[C@@H]2[C@@H]([C@@H](C)O[Si](C)(C)C)C(=O)N12. The van der Waals surface area contributed by atoms with Crippen LogP contribution in [0.15, 0.2) is 23.9 Å². The molecule has 144 valence electrons. The maximum Gasteiger partial charge on any atom is 0.355 e. The standard InChI is InChI=1S/C20H31NO4Si/c1-6-12-24-20(23)18-15-11-9-7-8-10-14(15)17-16(19(22)21(17)18)13(2)25-26(3,4)5/h6,13-14,16-17H,1,7-12H2,2-5H3/t13-,14-,16-,17-/m1/s1. The van der Waals surface area contributed by atoms with Crippen molar-refractivity contribution in [1.82, 2.24) is 4.90 Å². The highest BCUT2D eigenvalue weighted by Gasteiger charge is 2.61. The number of fused-ring (bicyclic) bond motifs is 3. The van der Waals surface area contributed by atoms with Crippen molar-refractivity contribution in [3.05, 3.63) is 23.9 Å². The quantitative estimate of drug-likeness (QED) is 0.307. The zero-order valence-electron chi connectivity index (χ0n) is 16.4. The number of amides is 1. The summed E-state index contributed by atoms with van der Waals surface area (Å²) in [6, 6.07) is 0.0632. The molecule has 3 aliphatic rings. The van der Waals surface area contributed by atoms with E-state index in [4.69, 9.17) is 9.16 Å². The maximum atomic E-state index is 13.0. The van der Waals surface area contributed by atoms with E-state index in [-0.39, 0.29) is 42.5 Å². The number of carbonyl (C=O) groups is 2. The number of rotatable bonds is 6. The predicted octanol–water partition coefficient (Wildman–Crippen LogP) is 3.63. The smallest absolute Gasteiger partial charge is 0.355 e. The zero-order valence-corrected chi connectivity index (χ0v) is 17.4. The molecule has 6 heteroatoms. The highest BCUT2D eigenvalue weighted by molar-refractivity contribution is 6.69. The molecule has 0 unspecified atom stereocenters. The summed E-state index contributed by atoms with van der Waals surface area (Å²) in [6.45, 7) is 12.2. The van der Waals surface area contributed by atoms with Gasteiger partial charge in [-0.05, 0) is 51.4 Å². The fraction of sp³-hybridized carbons (Fsp3) is 0.700. The summed E-state index contributed by atoms with van der Waals surface area (Å²) in [6.07, 6.45) is 6.79. The Morgan fingerprint density at radius 3 is 2.73 bits per heavy atom. The molecule has 0 aromatic carbocycles. The molecule has 0 N–H and O–H groups in total. The second-order valence-electron chi connectivity index (χ2n) is 8.63. The van der Waals surface area contributed by atoms with E-state index >= 15 is 0 Å². The van der Waals surface area contributed by atoms with Crippen LogP contribution in [0.4, 0.5) is 0 Å². The number of esters is 1. The van der Waals surface area contributed by atoms with Gasteiger partial charge in [-0.2, -0.15) is 0 Å². The van der Waals surface area contributed by atoms with E-state index in [0.717, 1.165) is 31.3 Å². The van der Waals surface area contributed by atoms with Crippen molar-refractivity contribution in [3.8, 4) is 0 Å². The highest BCUT2D eigenvalue weighted by Crippen LogP contribution is 2.52. The molecule has 0 aromatic heterocycles. The molecule has 2 heterocycles. The molecule has 1 amide bonds. The molecule has 0 radical (unpaired) electrons. The van der Waals surface area contributed by atoms with Gasteiger partial charge in [-0.15, -0.1) is 0 Å². The second-order valence-corrected chi connectivity index (χ2v) is 13.1. The Labute approximate surface area is 157 Å². The molecule has 2 aliphatic heterocycles. The molecular weight excluding hydrogens is 346 g/mol. The van der Waals surface area contributed by atoms with Crippen molar-refractivity contribution in [2.75, 3.05) is 6.61 Å². The molecular formula is C20H31NO4Si. The number of carbonyl (C=O) groups excluding carboxylic acids is 2. The Morgan fingerprint density at radius 1 is 1.35 bits per heavy atom. The molecule has 26 heavy (non-hydrogen) atoms. The van der Waals surface area contributed by atoms with Crippen LogP contribution in [-0.4, -0.2) is 43.8 Å². The van der Waals surface area contributed by atoms with Crippen LogP contribution in [0.25, 0.3) is 0 Å². The van der Waals surface area contributed by atoms with Crippen molar-refractivity contribution >= 4 is 20.2 Å². The van der Waals surface area contributed by atoms with Crippen molar-refractivity contribution in [2.45, 2.75) is 70.8 Å². The van der Waals surface area contributed by atoms with E-state index in [1.807, 2.05) is 6.92 Å². The lowest BCUT2D eigenvalue weighted by molar-refractivity contribution is -0.163. The predicted molar refractivity (Wildman–Crippen MR) is 103 cm³/mol. The molecule has 1 saturated carbocycles. The van der Waals surface area contributed by atoms with E-state index in [0.29, 0.717) is 5.70 Å². The Kier molecular flexibility index (Phi) is 5.44. The summed E-state index contributed by atoms with van der Waals surface area (Å²) in [5.41, 5.74) is 1.66. The lowest BCUT2D eigenvalue weighted by Gasteiger charge is -2.49. The summed E-state index contributed by atoms with van der Waals surface area (Å²) in [4.78, 5) is 27.4. The van der Waals surface area contributed by atoms with Crippen molar-refractivity contribution in [1.29, 1.82) is 0 Å². The Bertz CT molecular complexity index is 636. The van der Waals surface area contributed by atoms with E-state index in [1.54, 1.807) is 11.0 Å². The van der Waals surface area contributed by atoms with Gasteiger partial charge in [0.1, 0.15) is 12.3 Å². The topological polar surface area (TPSA) is 55.8 Å². The normalized spacial score (nSPS) is 29.5. The summed E-state index contributed by atoms with van der Waals surface area (Å²) < 4.78 is 11.5. The first-order chi connectivity index (χ1) is 12.3. The van der Waals surface area contributed by atoms with E-state index in [1.165, 1.54) is 6.42 Å². The number of ether oxygens (including phenoxy) is 1. The summed E-state index contributed by atoms with van der Waals surface area (Å²) in [7, 11) is -1.74. The molecule has 2 fully saturated rings. The Balaban J connectivity index is 1.88. The van der Waals surface area contributed by atoms with Crippen LogP contribution in [-0.2, 0) is 18.8 Å². The van der Waals surface area contributed by atoms with Crippen molar-refractivity contribution in [2.24, 2.45) is 11.8 Å². The number of hydrogen-bond acceptors (Lipinski definition) is 4.